The molecule has 1 amide bonds. The van der Waals surface area contributed by atoms with Crippen molar-refractivity contribution >= 4 is 5.91 Å². The number of carbonyl (C=O) groups is 1. The summed E-state index contributed by atoms with van der Waals surface area (Å²) in [7, 11) is 1.56. The van der Waals surface area contributed by atoms with Gasteiger partial charge in [0.25, 0.3) is 5.91 Å². The Hall–Kier alpha value is -2.07. The molecule has 0 fully saturated rings. The highest BCUT2D eigenvalue weighted by molar-refractivity contribution is 5.82. The fourth-order valence-electron chi connectivity index (χ4n) is 2.91. The van der Waals surface area contributed by atoms with Crippen LogP contribution in [0.2, 0.25) is 0 Å². The second-order valence-corrected chi connectivity index (χ2v) is 5.28. The van der Waals surface area contributed by atoms with Crippen LogP contribution in [-0.2, 0) is 16.0 Å². The van der Waals surface area contributed by atoms with Crippen molar-refractivity contribution in [2.24, 2.45) is 0 Å². The molecule has 1 aliphatic carbocycles. The number of ether oxygens (including phenoxy) is 1. The zero-order chi connectivity index (χ0) is 14.7. The molecule has 2 unspecified atom stereocenters. The first kappa shape index (κ1) is 13.9. The van der Waals surface area contributed by atoms with Gasteiger partial charge in [0.2, 0.25) is 0 Å². The molecule has 1 aromatic carbocycles. The van der Waals surface area contributed by atoms with Gasteiger partial charge in [-0.15, -0.1) is 0 Å². The van der Waals surface area contributed by atoms with Gasteiger partial charge in [-0.25, -0.2) is 0 Å². The molecule has 0 saturated carbocycles. The Labute approximate surface area is 124 Å². The van der Waals surface area contributed by atoms with Crippen molar-refractivity contribution in [3.63, 3.8) is 0 Å². The van der Waals surface area contributed by atoms with Crippen molar-refractivity contribution in [1.82, 2.24) is 5.32 Å². The number of aryl methyl sites for hydroxylation is 1. The fraction of sp³-hybridized carbons (Fsp3) is 0.353. The zero-order valence-electron chi connectivity index (χ0n) is 12.0. The summed E-state index contributed by atoms with van der Waals surface area (Å²) in [5.74, 6) is 0.878. The van der Waals surface area contributed by atoms with E-state index in [0.717, 1.165) is 36.1 Å². The predicted octanol–water partition coefficient (Wildman–Crippen LogP) is 3.16. The van der Waals surface area contributed by atoms with Crippen molar-refractivity contribution in [2.75, 3.05) is 7.11 Å². The summed E-state index contributed by atoms with van der Waals surface area (Å²) in [6.07, 6.45) is 4.02. The third kappa shape index (κ3) is 2.85. The zero-order valence-corrected chi connectivity index (χ0v) is 12.0. The molecule has 2 atom stereocenters. The highest BCUT2D eigenvalue weighted by atomic mass is 16.5. The first-order valence-electron chi connectivity index (χ1n) is 7.24. The molecule has 3 rings (SSSR count). The summed E-state index contributed by atoms with van der Waals surface area (Å²) in [5, 5.41) is 3.09. The van der Waals surface area contributed by atoms with Crippen molar-refractivity contribution in [1.29, 1.82) is 0 Å². The number of carbonyl (C=O) groups excluding carboxylic acids is 1. The molecule has 0 saturated heterocycles. The van der Waals surface area contributed by atoms with E-state index in [9.17, 15) is 4.79 Å². The van der Waals surface area contributed by atoms with E-state index in [1.165, 1.54) is 0 Å². The second kappa shape index (κ2) is 6.14. The number of hydrogen-bond donors (Lipinski definition) is 1. The van der Waals surface area contributed by atoms with Crippen LogP contribution >= 0.6 is 0 Å². The Balaban J connectivity index is 1.75. The minimum absolute atomic E-state index is 0.0152. The summed E-state index contributed by atoms with van der Waals surface area (Å²) >= 11 is 0. The van der Waals surface area contributed by atoms with Crippen LogP contribution in [0.5, 0.6) is 0 Å². The molecule has 0 spiro atoms. The number of fused-ring (bicyclic) bond motifs is 1. The number of benzene rings is 1. The maximum absolute atomic E-state index is 12.5. The Morgan fingerprint density at radius 1 is 1.33 bits per heavy atom. The first-order valence-corrected chi connectivity index (χ1v) is 7.24. The summed E-state index contributed by atoms with van der Waals surface area (Å²) in [4.78, 5) is 12.5. The molecule has 2 aromatic rings. The van der Waals surface area contributed by atoms with Crippen LogP contribution in [0, 0.1) is 0 Å². The normalized spacial score (nSPS) is 18.8. The number of amides is 1. The molecule has 4 heteroatoms. The lowest BCUT2D eigenvalue weighted by atomic mass is 9.93. The third-order valence-corrected chi connectivity index (χ3v) is 3.94. The average Bonchev–Trinajstić information content (AvgIpc) is 2.99. The van der Waals surface area contributed by atoms with Gasteiger partial charge in [-0.2, -0.15) is 0 Å². The maximum atomic E-state index is 12.5. The van der Waals surface area contributed by atoms with E-state index in [0.29, 0.717) is 0 Å². The molecule has 0 bridgehead atoms. The summed E-state index contributed by atoms with van der Waals surface area (Å²) in [6, 6.07) is 11.5. The van der Waals surface area contributed by atoms with Crippen molar-refractivity contribution in [3.05, 3.63) is 59.5 Å². The van der Waals surface area contributed by atoms with Crippen LogP contribution < -0.4 is 5.32 Å². The lowest BCUT2D eigenvalue weighted by molar-refractivity contribution is -0.132. The molecule has 21 heavy (non-hydrogen) atoms. The van der Waals surface area contributed by atoms with E-state index in [1.807, 2.05) is 36.4 Å². The SMILES string of the molecule is COC(C(=O)NC1CCCc2occc21)c1ccccc1. The van der Waals surface area contributed by atoms with Crippen LogP contribution in [0.1, 0.15) is 41.9 Å². The van der Waals surface area contributed by atoms with Crippen LogP contribution in [-0.4, -0.2) is 13.0 Å². The Morgan fingerprint density at radius 2 is 2.14 bits per heavy atom. The van der Waals surface area contributed by atoms with Gasteiger partial charge in [0, 0.05) is 19.1 Å². The number of methoxy groups -OCH3 is 1. The fourth-order valence-corrected chi connectivity index (χ4v) is 2.91. The third-order valence-electron chi connectivity index (χ3n) is 3.94. The first-order chi connectivity index (χ1) is 10.3. The van der Waals surface area contributed by atoms with Gasteiger partial charge in [0.1, 0.15) is 5.76 Å². The number of hydrogen-bond acceptors (Lipinski definition) is 3. The van der Waals surface area contributed by atoms with Gasteiger partial charge >= 0.3 is 0 Å². The van der Waals surface area contributed by atoms with Crippen LogP contribution in [0.25, 0.3) is 0 Å². The standard InChI is InChI=1S/C17H19NO3/c1-20-16(12-6-3-2-4-7-12)17(19)18-14-8-5-9-15-13(14)10-11-21-15/h2-4,6-7,10-11,14,16H,5,8-9H2,1H3,(H,18,19). The van der Waals surface area contributed by atoms with Gasteiger partial charge in [-0.3, -0.25) is 4.79 Å². The van der Waals surface area contributed by atoms with Crippen molar-refractivity contribution in [3.8, 4) is 0 Å². The smallest absolute Gasteiger partial charge is 0.254 e. The highest BCUT2D eigenvalue weighted by Crippen LogP contribution is 2.31. The second-order valence-electron chi connectivity index (χ2n) is 5.28. The van der Waals surface area contributed by atoms with Gasteiger partial charge in [-0.05, 0) is 24.5 Å². The molecule has 1 N–H and O–H groups in total. The van der Waals surface area contributed by atoms with E-state index >= 15 is 0 Å². The van der Waals surface area contributed by atoms with Crippen LogP contribution in [0.3, 0.4) is 0 Å². The maximum Gasteiger partial charge on any atom is 0.254 e. The van der Waals surface area contributed by atoms with E-state index in [4.69, 9.17) is 9.15 Å². The molecule has 1 aromatic heterocycles. The summed E-state index contributed by atoms with van der Waals surface area (Å²) in [6.45, 7) is 0. The lowest BCUT2D eigenvalue weighted by Crippen LogP contribution is -2.35. The number of nitrogens with one attached hydrogen (secondary N) is 1. The highest BCUT2D eigenvalue weighted by Gasteiger charge is 2.27. The predicted molar refractivity (Wildman–Crippen MR) is 78.7 cm³/mol. The molecule has 0 aliphatic heterocycles. The number of rotatable bonds is 4. The van der Waals surface area contributed by atoms with E-state index in [1.54, 1.807) is 13.4 Å². The van der Waals surface area contributed by atoms with Crippen molar-refractivity contribution < 1.29 is 13.9 Å². The van der Waals surface area contributed by atoms with E-state index < -0.39 is 6.10 Å². The lowest BCUT2D eigenvalue weighted by Gasteiger charge is -2.25. The van der Waals surface area contributed by atoms with Crippen LogP contribution in [0.4, 0.5) is 0 Å². The Kier molecular flexibility index (Phi) is 4.06. The molecular formula is C17H19NO3. The minimum Gasteiger partial charge on any atom is -0.469 e. The molecule has 1 heterocycles. The average molecular weight is 285 g/mol. The van der Waals surface area contributed by atoms with Gasteiger partial charge in [0.15, 0.2) is 6.10 Å². The summed E-state index contributed by atoms with van der Waals surface area (Å²) < 4.78 is 10.8. The van der Waals surface area contributed by atoms with E-state index in [2.05, 4.69) is 5.32 Å². The molecular weight excluding hydrogens is 266 g/mol. The largest absolute Gasteiger partial charge is 0.469 e. The van der Waals surface area contributed by atoms with Gasteiger partial charge < -0.3 is 14.5 Å². The monoisotopic (exact) mass is 285 g/mol. The van der Waals surface area contributed by atoms with Gasteiger partial charge in [-0.1, -0.05) is 30.3 Å². The quantitative estimate of drug-likeness (QED) is 0.938. The topological polar surface area (TPSA) is 51.5 Å². The van der Waals surface area contributed by atoms with Gasteiger partial charge in [0.05, 0.1) is 12.3 Å². The van der Waals surface area contributed by atoms with E-state index in [-0.39, 0.29) is 11.9 Å². The van der Waals surface area contributed by atoms with Crippen molar-refractivity contribution in [2.45, 2.75) is 31.4 Å². The number of furan rings is 1. The minimum atomic E-state index is -0.580. The van der Waals surface area contributed by atoms with Crippen LogP contribution in [0.15, 0.2) is 47.1 Å². The molecule has 4 nitrogen and oxygen atoms in total. The molecule has 110 valence electrons. The Bertz CT molecular complexity index is 606. The molecule has 1 aliphatic rings. The molecule has 0 radical (unpaired) electrons. The Morgan fingerprint density at radius 3 is 2.90 bits per heavy atom. The summed E-state index contributed by atoms with van der Waals surface area (Å²) in [5.41, 5.74) is 1.96.